The molecule has 1 aromatic carbocycles. The van der Waals surface area contributed by atoms with Crippen LogP contribution in [0.25, 0.3) is 22.4 Å². The minimum Gasteiger partial charge on any atom is -0.327 e. The largest absolute Gasteiger partial charge is 0.327 e. The molecule has 94 valence electrons. The molecule has 0 aliphatic carbocycles. The predicted molar refractivity (Wildman–Crippen MR) is 78.8 cm³/mol. The number of imidazole rings is 1. The molecular weight excluding hydrogens is 301 g/mol. The van der Waals surface area contributed by atoms with Crippen LogP contribution in [-0.2, 0) is 7.05 Å². The van der Waals surface area contributed by atoms with Crippen molar-refractivity contribution in [1.29, 1.82) is 5.26 Å². The summed E-state index contributed by atoms with van der Waals surface area (Å²) in [7, 11) is 1.90. The van der Waals surface area contributed by atoms with Crippen LogP contribution in [0.1, 0.15) is 5.56 Å². The first-order valence-corrected chi connectivity index (χ1v) is 6.99. The van der Waals surface area contributed by atoms with Gasteiger partial charge in [-0.15, -0.1) is 11.3 Å². The molecule has 0 unspecified atom stereocenters. The lowest BCUT2D eigenvalue weighted by atomic mass is 10.2. The molecule has 0 amide bonds. The van der Waals surface area contributed by atoms with Crippen molar-refractivity contribution in [1.82, 2.24) is 9.55 Å². The fourth-order valence-electron chi connectivity index (χ4n) is 1.99. The summed E-state index contributed by atoms with van der Waals surface area (Å²) in [6.07, 6.45) is 0. The van der Waals surface area contributed by atoms with Crippen LogP contribution in [0.15, 0.2) is 24.3 Å². The smallest absolute Gasteiger partial charge is 0.143 e. The van der Waals surface area contributed by atoms with Gasteiger partial charge < -0.3 is 4.57 Å². The van der Waals surface area contributed by atoms with Crippen molar-refractivity contribution in [3.8, 4) is 17.5 Å². The Kier molecular flexibility index (Phi) is 2.98. The van der Waals surface area contributed by atoms with E-state index in [9.17, 15) is 0 Å². The first kappa shape index (κ1) is 12.5. The molecule has 0 saturated carbocycles. The van der Waals surface area contributed by atoms with Crippen LogP contribution in [0.4, 0.5) is 0 Å². The number of nitrogens with zero attached hydrogens (tertiary/aromatic N) is 3. The van der Waals surface area contributed by atoms with Gasteiger partial charge in [0.05, 0.1) is 27.0 Å². The lowest BCUT2D eigenvalue weighted by molar-refractivity contribution is 0.960. The van der Waals surface area contributed by atoms with E-state index in [-0.39, 0.29) is 0 Å². The zero-order valence-corrected chi connectivity index (χ0v) is 12.1. The van der Waals surface area contributed by atoms with Crippen molar-refractivity contribution < 1.29 is 0 Å². The Balaban J connectivity index is 2.29. The Bertz CT molecular complexity index is 826. The van der Waals surface area contributed by atoms with Crippen molar-refractivity contribution in [2.45, 2.75) is 0 Å². The van der Waals surface area contributed by atoms with Crippen molar-refractivity contribution in [3.63, 3.8) is 0 Å². The number of rotatable bonds is 1. The third-order valence-corrected chi connectivity index (χ3v) is 4.40. The van der Waals surface area contributed by atoms with Crippen LogP contribution in [0.3, 0.4) is 0 Å². The molecule has 0 fully saturated rings. The van der Waals surface area contributed by atoms with Crippen molar-refractivity contribution in [3.05, 3.63) is 38.5 Å². The molecule has 0 atom stereocenters. The van der Waals surface area contributed by atoms with E-state index in [1.165, 1.54) is 11.3 Å². The Morgan fingerprint density at radius 3 is 2.74 bits per heavy atom. The number of benzene rings is 1. The van der Waals surface area contributed by atoms with Crippen molar-refractivity contribution >= 4 is 45.6 Å². The number of hydrogen-bond donors (Lipinski definition) is 0. The van der Waals surface area contributed by atoms with Gasteiger partial charge in [-0.25, -0.2) is 4.98 Å². The van der Waals surface area contributed by atoms with Gasteiger partial charge in [-0.2, -0.15) is 5.26 Å². The van der Waals surface area contributed by atoms with E-state index in [1.807, 2.05) is 23.7 Å². The monoisotopic (exact) mass is 307 g/mol. The predicted octanol–water partition coefficient (Wildman–Crippen LogP) is 4.48. The third kappa shape index (κ3) is 2.00. The number of thiophene rings is 1. The van der Waals surface area contributed by atoms with Gasteiger partial charge in [0.1, 0.15) is 10.2 Å². The molecule has 0 saturated heterocycles. The van der Waals surface area contributed by atoms with Gasteiger partial charge in [0.15, 0.2) is 0 Å². The Morgan fingerprint density at radius 2 is 2.11 bits per heavy atom. The van der Waals surface area contributed by atoms with Gasteiger partial charge in [0, 0.05) is 12.6 Å². The van der Waals surface area contributed by atoms with E-state index in [4.69, 9.17) is 28.5 Å². The number of fused-ring (bicyclic) bond motifs is 1. The van der Waals surface area contributed by atoms with Gasteiger partial charge in [-0.1, -0.05) is 23.2 Å². The highest BCUT2D eigenvalue weighted by Gasteiger charge is 2.15. The summed E-state index contributed by atoms with van der Waals surface area (Å²) in [4.78, 5) is 4.55. The Morgan fingerprint density at radius 1 is 1.32 bits per heavy atom. The van der Waals surface area contributed by atoms with Crippen LogP contribution < -0.4 is 0 Å². The molecule has 0 aliphatic heterocycles. The summed E-state index contributed by atoms with van der Waals surface area (Å²) in [6, 6.07) is 9.33. The Hall–Kier alpha value is -1.54. The highest BCUT2D eigenvalue weighted by atomic mass is 35.5. The van der Waals surface area contributed by atoms with Crippen LogP contribution in [0.2, 0.25) is 8.67 Å². The summed E-state index contributed by atoms with van der Waals surface area (Å²) in [5.41, 5.74) is 3.15. The SMILES string of the molecule is Cn1c(-c2cc(Cl)sc2Cl)nc2ccc(C#N)cc21. The molecule has 3 nitrogen and oxygen atoms in total. The minimum atomic E-state index is 0.608. The molecular formula is C13H7Cl2N3S. The highest BCUT2D eigenvalue weighted by Crippen LogP contribution is 2.38. The topological polar surface area (TPSA) is 41.6 Å². The second kappa shape index (κ2) is 4.53. The maximum absolute atomic E-state index is 8.94. The van der Waals surface area contributed by atoms with E-state index in [0.717, 1.165) is 22.4 Å². The molecule has 0 bridgehead atoms. The van der Waals surface area contributed by atoms with Crippen LogP contribution >= 0.6 is 34.5 Å². The molecule has 2 aromatic heterocycles. The molecule has 0 aliphatic rings. The van der Waals surface area contributed by atoms with E-state index in [0.29, 0.717) is 14.2 Å². The van der Waals surface area contributed by atoms with E-state index in [2.05, 4.69) is 11.1 Å². The van der Waals surface area contributed by atoms with E-state index in [1.54, 1.807) is 12.1 Å². The summed E-state index contributed by atoms with van der Waals surface area (Å²) in [5, 5.41) is 8.94. The first-order valence-electron chi connectivity index (χ1n) is 5.42. The quantitative estimate of drug-likeness (QED) is 0.665. The second-order valence-electron chi connectivity index (χ2n) is 4.05. The van der Waals surface area contributed by atoms with E-state index < -0.39 is 0 Å². The average molecular weight is 308 g/mol. The van der Waals surface area contributed by atoms with Gasteiger partial charge in [-0.3, -0.25) is 0 Å². The van der Waals surface area contributed by atoms with Gasteiger partial charge in [-0.05, 0) is 24.3 Å². The van der Waals surface area contributed by atoms with Gasteiger partial charge in [0.2, 0.25) is 0 Å². The highest BCUT2D eigenvalue weighted by molar-refractivity contribution is 7.20. The molecule has 6 heteroatoms. The van der Waals surface area contributed by atoms with Crippen LogP contribution in [0.5, 0.6) is 0 Å². The molecule has 0 N–H and O–H groups in total. The zero-order valence-electron chi connectivity index (χ0n) is 9.82. The Labute approximate surface area is 123 Å². The second-order valence-corrected chi connectivity index (χ2v) is 6.33. The number of aryl methyl sites for hydroxylation is 1. The molecule has 19 heavy (non-hydrogen) atoms. The summed E-state index contributed by atoms with van der Waals surface area (Å²) < 4.78 is 3.16. The minimum absolute atomic E-state index is 0.608. The zero-order chi connectivity index (χ0) is 13.6. The number of aromatic nitrogens is 2. The molecule has 2 heterocycles. The summed E-state index contributed by atoms with van der Waals surface area (Å²) >= 11 is 13.4. The maximum Gasteiger partial charge on any atom is 0.143 e. The summed E-state index contributed by atoms with van der Waals surface area (Å²) in [5.74, 6) is 0.748. The summed E-state index contributed by atoms with van der Waals surface area (Å²) in [6.45, 7) is 0. The number of nitriles is 1. The average Bonchev–Trinajstić information content (AvgIpc) is 2.89. The fraction of sp³-hybridized carbons (Fsp3) is 0.0769. The van der Waals surface area contributed by atoms with Crippen molar-refractivity contribution in [2.75, 3.05) is 0 Å². The number of halogens is 2. The first-order chi connectivity index (χ1) is 9.10. The van der Waals surface area contributed by atoms with Gasteiger partial charge in [0.25, 0.3) is 0 Å². The lowest BCUT2D eigenvalue weighted by Gasteiger charge is -2.00. The van der Waals surface area contributed by atoms with Crippen LogP contribution in [-0.4, -0.2) is 9.55 Å². The standard InChI is InChI=1S/C13H7Cl2N3S/c1-18-10-4-7(6-16)2-3-9(10)17-13(18)8-5-11(14)19-12(8)15/h2-5H,1H3. The molecule has 3 rings (SSSR count). The third-order valence-electron chi connectivity index (χ3n) is 2.91. The van der Waals surface area contributed by atoms with E-state index >= 15 is 0 Å². The molecule has 0 radical (unpaired) electrons. The maximum atomic E-state index is 8.94. The van der Waals surface area contributed by atoms with Crippen LogP contribution in [0, 0.1) is 11.3 Å². The molecule has 3 aromatic rings. The lowest BCUT2D eigenvalue weighted by Crippen LogP contribution is -1.91. The van der Waals surface area contributed by atoms with Gasteiger partial charge >= 0.3 is 0 Å². The number of hydrogen-bond acceptors (Lipinski definition) is 3. The molecule has 0 spiro atoms. The fourth-order valence-corrected chi connectivity index (χ4v) is 3.45. The normalized spacial score (nSPS) is 10.8. The van der Waals surface area contributed by atoms with Crippen molar-refractivity contribution in [2.24, 2.45) is 7.05 Å².